The van der Waals surface area contributed by atoms with Crippen LogP contribution in [-0.4, -0.2) is 23.1 Å². The van der Waals surface area contributed by atoms with Crippen LogP contribution in [0.2, 0.25) is 0 Å². The lowest BCUT2D eigenvalue weighted by Crippen LogP contribution is -2.51. The van der Waals surface area contributed by atoms with Gasteiger partial charge in [0.1, 0.15) is 6.61 Å². The summed E-state index contributed by atoms with van der Waals surface area (Å²) >= 11 is 0. The average Bonchev–Trinajstić information content (AvgIpc) is 2.71. The lowest BCUT2D eigenvalue weighted by atomic mass is 9.85. The Bertz CT molecular complexity index is 826. The van der Waals surface area contributed by atoms with Gasteiger partial charge >= 0.3 is 6.09 Å². The second kappa shape index (κ2) is 8.26. The molecule has 4 rings (SSSR count). The standard InChI is InChI=1S/C24H25NO2/c26-24(27-18-20-10-5-2-6-11-20)25-22-12-7-13-23(25)17-21(16-22)15-14-19-8-3-1-4-9-19/h1-6,8-11,14-16,22-23H,7,12-13,17-18H2/b15-14+. The van der Waals surface area contributed by atoms with Crippen LogP contribution in [0.15, 0.2) is 78.4 Å². The summed E-state index contributed by atoms with van der Waals surface area (Å²) in [6.07, 6.45) is 10.6. The van der Waals surface area contributed by atoms with E-state index >= 15 is 0 Å². The number of hydrogen-bond donors (Lipinski definition) is 0. The van der Waals surface area contributed by atoms with Crippen molar-refractivity contribution in [1.29, 1.82) is 0 Å². The predicted molar refractivity (Wildman–Crippen MR) is 108 cm³/mol. The molecule has 2 bridgehead atoms. The molecule has 1 amide bonds. The van der Waals surface area contributed by atoms with Gasteiger partial charge in [-0.05, 0) is 42.4 Å². The first-order chi connectivity index (χ1) is 13.3. The molecule has 1 saturated heterocycles. The van der Waals surface area contributed by atoms with E-state index in [2.05, 4.69) is 30.4 Å². The van der Waals surface area contributed by atoms with Crippen molar-refractivity contribution in [3.05, 3.63) is 89.5 Å². The molecule has 1 fully saturated rings. The molecule has 0 aliphatic carbocycles. The van der Waals surface area contributed by atoms with Crippen LogP contribution in [0, 0.1) is 0 Å². The van der Waals surface area contributed by atoms with Gasteiger partial charge in [-0.15, -0.1) is 0 Å². The van der Waals surface area contributed by atoms with Crippen LogP contribution in [0.3, 0.4) is 0 Å². The van der Waals surface area contributed by atoms with Crippen molar-refractivity contribution in [2.75, 3.05) is 0 Å². The molecule has 3 nitrogen and oxygen atoms in total. The van der Waals surface area contributed by atoms with E-state index in [-0.39, 0.29) is 18.2 Å². The summed E-state index contributed by atoms with van der Waals surface area (Å²) in [7, 11) is 0. The number of fused-ring (bicyclic) bond motifs is 2. The van der Waals surface area contributed by atoms with Gasteiger partial charge in [-0.3, -0.25) is 4.90 Å². The van der Waals surface area contributed by atoms with Gasteiger partial charge in [0.25, 0.3) is 0 Å². The molecule has 2 unspecified atom stereocenters. The largest absolute Gasteiger partial charge is 0.445 e. The first-order valence-corrected chi connectivity index (χ1v) is 9.72. The molecule has 0 radical (unpaired) electrons. The molecule has 2 aromatic carbocycles. The predicted octanol–water partition coefficient (Wildman–Crippen LogP) is 5.59. The Balaban J connectivity index is 1.43. The summed E-state index contributed by atoms with van der Waals surface area (Å²) in [6.45, 7) is 0.333. The van der Waals surface area contributed by atoms with Crippen LogP contribution < -0.4 is 0 Å². The van der Waals surface area contributed by atoms with Crippen LogP contribution in [0.1, 0.15) is 36.8 Å². The lowest BCUT2D eigenvalue weighted by Gasteiger charge is -2.43. The number of carbonyl (C=O) groups is 1. The number of allylic oxidation sites excluding steroid dienone is 1. The molecule has 138 valence electrons. The van der Waals surface area contributed by atoms with Gasteiger partial charge in [0, 0.05) is 6.04 Å². The van der Waals surface area contributed by atoms with E-state index < -0.39 is 0 Å². The topological polar surface area (TPSA) is 29.5 Å². The normalized spacial score (nSPS) is 21.8. The number of nitrogens with zero attached hydrogens (tertiary/aromatic N) is 1. The molecule has 0 saturated carbocycles. The Hall–Kier alpha value is -2.81. The Morgan fingerprint density at radius 3 is 2.48 bits per heavy atom. The highest BCUT2D eigenvalue weighted by Gasteiger charge is 2.37. The van der Waals surface area contributed by atoms with Crippen molar-refractivity contribution >= 4 is 12.2 Å². The maximum atomic E-state index is 12.7. The number of benzene rings is 2. The smallest absolute Gasteiger partial charge is 0.410 e. The first-order valence-electron chi connectivity index (χ1n) is 9.72. The summed E-state index contributed by atoms with van der Waals surface area (Å²) in [4.78, 5) is 14.7. The number of carbonyl (C=O) groups excluding carboxylic acids is 1. The molecule has 0 N–H and O–H groups in total. The Morgan fingerprint density at radius 1 is 1.00 bits per heavy atom. The number of ether oxygens (including phenoxy) is 1. The monoisotopic (exact) mass is 359 g/mol. The second-order valence-electron chi connectivity index (χ2n) is 7.29. The zero-order chi connectivity index (χ0) is 18.5. The van der Waals surface area contributed by atoms with Gasteiger partial charge < -0.3 is 4.74 Å². The van der Waals surface area contributed by atoms with Gasteiger partial charge in [0.05, 0.1) is 6.04 Å². The number of rotatable bonds is 4. The van der Waals surface area contributed by atoms with Gasteiger partial charge in [0.2, 0.25) is 0 Å². The summed E-state index contributed by atoms with van der Waals surface area (Å²) in [5, 5.41) is 0. The van der Waals surface area contributed by atoms with E-state index in [1.54, 1.807) is 0 Å². The summed E-state index contributed by atoms with van der Waals surface area (Å²) < 4.78 is 5.61. The summed E-state index contributed by atoms with van der Waals surface area (Å²) in [6, 6.07) is 20.6. The Kier molecular flexibility index (Phi) is 5.38. The van der Waals surface area contributed by atoms with Gasteiger partial charge in [-0.25, -0.2) is 4.79 Å². The molecule has 2 aliphatic rings. The molecule has 0 spiro atoms. The molecule has 2 heterocycles. The van der Waals surface area contributed by atoms with E-state index in [0.717, 1.165) is 24.8 Å². The molecular weight excluding hydrogens is 334 g/mol. The van der Waals surface area contributed by atoms with Crippen molar-refractivity contribution in [3.63, 3.8) is 0 Å². The fraction of sp³-hybridized carbons (Fsp3) is 0.292. The minimum atomic E-state index is -0.184. The zero-order valence-corrected chi connectivity index (χ0v) is 15.5. The Morgan fingerprint density at radius 2 is 1.74 bits per heavy atom. The maximum absolute atomic E-state index is 12.7. The van der Waals surface area contributed by atoms with Crippen LogP contribution in [0.25, 0.3) is 6.08 Å². The van der Waals surface area contributed by atoms with E-state index in [4.69, 9.17) is 4.74 Å². The summed E-state index contributed by atoms with van der Waals surface area (Å²) in [5.74, 6) is 0. The third-order valence-corrected chi connectivity index (χ3v) is 5.37. The second-order valence-corrected chi connectivity index (χ2v) is 7.29. The molecule has 3 heteroatoms. The lowest BCUT2D eigenvalue weighted by molar-refractivity contribution is 0.0488. The average molecular weight is 359 g/mol. The summed E-state index contributed by atoms with van der Waals surface area (Å²) in [5.41, 5.74) is 3.55. The minimum Gasteiger partial charge on any atom is -0.445 e. The van der Waals surface area contributed by atoms with Crippen LogP contribution in [0.4, 0.5) is 4.79 Å². The number of hydrogen-bond acceptors (Lipinski definition) is 2. The molecule has 0 aromatic heterocycles. The Labute approximate surface area is 161 Å². The molecule has 2 aliphatic heterocycles. The van der Waals surface area contributed by atoms with Gasteiger partial charge in [-0.2, -0.15) is 0 Å². The third kappa shape index (κ3) is 4.30. The van der Waals surface area contributed by atoms with E-state index in [1.165, 1.54) is 17.6 Å². The fourth-order valence-electron chi connectivity index (χ4n) is 4.03. The van der Waals surface area contributed by atoms with Crippen LogP contribution in [0.5, 0.6) is 0 Å². The van der Waals surface area contributed by atoms with Crippen molar-refractivity contribution < 1.29 is 9.53 Å². The minimum absolute atomic E-state index is 0.149. The van der Waals surface area contributed by atoms with E-state index in [9.17, 15) is 4.79 Å². The zero-order valence-electron chi connectivity index (χ0n) is 15.5. The molecular formula is C24H25NO2. The van der Waals surface area contributed by atoms with Crippen LogP contribution >= 0.6 is 0 Å². The van der Waals surface area contributed by atoms with Gasteiger partial charge in [0.15, 0.2) is 0 Å². The quantitative estimate of drug-likeness (QED) is 0.712. The first kappa shape index (κ1) is 17.6. The number of piperidine rings is 1. The highest BCUT2D eigenvalue weighted by molar-refractivity contribution is 5.70. The number of amides is 1. The fourth-order valence-corrected chi connectivity index (χ4v) is 4.03. The molecule has 2 aromatic rings. The SMILES string of the molecule is O=C(OCc1ccccc1)N1C2C=C(/C=C/c3ccccc3)CC1CCC2. The van der Waals surface area contributed by atoms with Crippen molar-refractivity contribution in [3.8, 4) is 0 Å². The van der Waals surface area contributed by atoms with Gasteiger partial charge in [-0.1, -0.05) is 78.9 Å². The van der Waals surface area contributed by atoms with Crippen molar-refractivity contribution in [1.82, 2.24) is 4.90 Å². The highest BCUT2D eigenvalue weighted by Crippen LogP contribution is 2.34. The molecule has 27 heavy (non-hydrogen) atoms. The van der Waals surface area contributed by atoms with E-state index in [0.29, 0.717) is 6.61 Å². The maximum Gasteiger partial charge on any atom is 0.410 e. The highest BCUT2D eigenvalue weighted by atomic mass is 16.6. The van der Waals surface area contributed by atoms with Crippen molar-refractivity contribution in [2.24, 2.45) is 0 Å². The van der Waals surface area contributed by atoms with Crippen molar-refractivity contribution in [2.45, 2.75) is 44.4 Å². The van der Waals surface area contributed by atoms with E-state index in [1.807, 2.05) is 53.4 Å². The van der Waals surface area contributed by atoms with Crippen LogP contribution in [-0.2, 0) is 11.3 Å². The molecule has 2 atom stereocenters. The third-order valence-electron chi connectivity index (χ3n) is 5.37.